The third-order valence-corrected chi connectivity index (χ3v) is 1.97. The Kier molecular flexibility index (Phi) is 2.52. The Morgan fingerprint density at radius 2 is 2.11 bits per heavy atom. The number of hydrogen-bond acceptors (Lipinski definition) is 1. The lowest BCUT2D eigenvalue weighted by Gasteiger charge is -2.37. The number of rotatable bonds is 3. The second-order valence-corrected chi connectivity index (χ2v) is 3.22. The van der Waals surface area contributed by atoms with Gasteiger partial charge >= 0.3 is 0 Å². The first-order valence-corrected chi connectivity index (χ1v) is 4.05. The number of likely N-dealkylation sites (tertiary alicyclic amines) is 1. The molecule has 0 aromatic carbocycles. The van der Waals surface area contributed by atoms with Crippen molar-refractivity contribution in [2.75, 3.05) is 19.6 Å². The van der Waals surface area contributed by atoms with Gasteiger partial charge < -0.3 is 4.90 Å². The molecular weight excluding hydrogens is 110 g/mol. The molecule has 1 rings (SSSR count). The average molecular weight is 127 g/mol. The van der Waals surface area contributed by atoms with Gasteiger partial charge in [0, 0.05) is 13.1 Å². The van der Waals surface area contributed by atoms with Crippen LogP contribution in [0.4, 0.5) is 0 Å². The van der Waals surface area contributed by atoms with Gasteiger partial charge in [-0.2, -0.15) is 0 Å². The van der Waals surface area contributed by atoms with E-state index in [1.807, 2.05) is 0 Å². The van der Waals surface area contributed by atoms with E-state index in [-0.39, 0.29) is 0 Å². The molecule has 0 amide bonds. The third-order valence-electron chi connectivity index (χ3n) is 1.97. The number of unbranched alkanes of at least 4 members (excludes halogenated alkanes) is 1. The van der Waals surface area contributed by atoms with E-state index >= 15 is 0 Å². The van der Waals surface area contributed by atoms with Crippen LogP contribution in [0.5, 0.6) is 0 Å². The van der Waals surface area contributed by atoms with Crippen LogP contribution in [0.15, 0.2) is 0 Å². The topological polar surface area (TPSA) is 3.24 Å². The molecule has 1 nitrogen and oxygen atoms in total. The molecule has 1 heteroatoms. The van der Waals surface area contributed by atoms with Gasteiger partial charge in [-0.3, -0.25) is 0 Å². The summed E-state index contributed by atoms with van der Waals surface area (Å²) < 4.78 is 0. The second-order valence-electron chi connectivity index (χ2n) is 3.22. The average Bonchev–Trinajstić information content (AvgIpc) is 1.78. The Morgan fingerprint density at radius 1 is 1.44 bits per heavy atom. The standard InChI is InChI=1S/C8H17N/c1-3-4-5-9-6-8(2)7-9/h8H,3-7H2,1-2H3. The maximum Gasteiger partial charge on any atom is 0.00194 e. The smallest absolute Gasteiger partial charge is 0.00194 e. The van der Waals surface area contributed by atoms with E-state index in [0.29, 0.717) is 0 Å². The van der Waals surface area contributed by atoms with Crippen molar-refractivity contribution >= 4 is 0 Å². The molecule has 0 unspecified atom stereocenters. The molecule has 9 heavy (non-hydrogen) atoms. The van der Waals surface area contributed by atoms with Gasteiger partial charge in [0.1, 0.15) is 0 Å². The Balaban J connectivity index is 1.91. The lowest BCUT2D eigenvalue weighted by atomic mass is 10.0. The number of hydrogen-bond donors (Lipinski definition) is 0. The van der Waals surface area contributed by atoms with E-state index in [1.54, 1.807) is 0 Å². The van der Waals surface area contributed by atoms with Gasteiger partial charge in [-0.25, -0.2) is 0 Å². The van der Waals surface area contributed by atoms with Crippen molar-refractivity contribution in [1.82, 2.24) is 4.90 Å². The Hall–Kier alpha value is -0.0400. The highest BCUT2D eigenvalue weighted by Gasteiger charge is 2.20. The van der Waals surface area contributed by atoms with Gasteiger partial charge in [-0.05, 0) is 18.9 Å². The fourth-order valence-corrected chi connectivity index (χ4v) is 1.39. The zero-order valence-electron chi connectivity index (χ0n) is 6.56. The Bertz CT molecular complexity index is 74.6. The molecule has 1 aliphatic rings. The van der Waals surface area contributed by atoms with Crippen molar-refractivity contribution in [3.63, 3.8) is 0 Å². The first kappa shape index (κ1) is 7.07. The SMILES string of the molecule is CCCCN1CC(C)C1. The highest BCUT2D eigenvalue weighted by Crippen LogP contribution is 2.13. The summed E-state index contributed by atoms with van der Waals surface area (Å²) in [4.78, 5) is 2.54. The van der Waals surface area contributed by atoms with E-state index in [2.05, 4.69) is 18.7 Å². The molecule has 0 N–H and O–H groups in total. The van der Waals surface area contributed by atoms with Crippen LogP contribution in [-0.2, 0) is 0 Å². The normalized spacial score (nSPS) is 22.0. The summed E-state index contributed by atoms with van der Waals surface area (Å²) in [7, 11) is 0. The summed E-state index contributed by atoms with van der Waals surface area (Å²) >= 11 is 0. The van der Waals surface area contributed by atoms with Crippen LogP contribution in [-0.4, -0.2) is 24.5 Å². The van der Waals surface area contributed by atoms with Crippen LogP contribution in [0.3, 0.4) is 0 Å². The minimum Gasteiger partial charge on any atom is -0.303 e. The maximum atomic E-state index is 2.54. The predicted molar refractivity (Wildman–Crippen MR) is 40.5 cm³/mol. The first-order chi connectivity index (χ1) is 4.33. The largest absolute Gasteiger partial charge is 0.303 e. The summed E-state index contributed by atoms with van der Waals surface area (Å²) in [5.74, 6) is 0.974. The zero-order chi connectivity index (χ0) is 6.69. The highest BCUT2D eigenvalue weighted by atomic mass is 15.2. The molecule has 1 heterocycles. The molecule has 0 bridgehead atoms. The zero-order valence-corrected chi connectivity index (χ0v) is 6.56. The van der Waals surface area contributed by atoms with Crippen LogP contribution in [0.2, 0.25) is 0 Å². The highest BCUT2D eigenvalue weighted by molar-refractivity contribution is 4.75. The van der Waals surface area contributed by atoms with E-state index in [1.165, 1.54) is 32.5 Å². The van der Waals surface area contributed by atoms with Crippen molar-refractivity contribution in [3.05, 3.63) is 0 Å². The summed E-state index contributed by atoms with van der Waals surface area (Å²) in [6.45, 7) is 8.60. The van der Waals surface area contributed by atoms with Crippen molar-refractivity contribution in [3.8, 4) is 0 Å². The minimum absolute atomic E-state index is 0.974. The minimum atomic E-state index is 0.974. The monoisotopic (exact) mass is 127 g/mol. The second kappa shape index (κ2) is 3.21. The molecular formula is C8H17N. The van der Waals surface area contributed by atoms with Crippen LogP contribution in [0, 0.1) is 5.92 Å². The molecule has 54 valence electrons. The molecule has 0 spiro atoms. The lowest BCUT2D eigenvalue weighted by molar-refractivity contribution is 0.111. The summed E-state index contributed by atoms with van der Waals surface area (Å²) in [5.41, 5.74) is 0. The fraction of sp³-hybridized carbons (Fsp3) is 1.00. The molecule has 1 aliphatic heterocycles. The number of nitrogens with zero attached hydrogens (tertiary/aromatic N) is 1. The molecule has 0 aliphatic carbocycles. The molecule has 0 atom stereocenters. The molecule has 1 fully saturated rings. The predicted octanol–water partition coefficient (Wildman–Crippen LogP) is 1.74. The van der Waals surface area contributed by atoms with E-state index in [0.717, 1.165) is 5.92 Å². The quantitative estimate of drug-likeness (QED) is 0.558. The summed E-state index contributed by atoms with van der Waals surface area (Å²) in [6.07, 6.45) is 2.72. The first-order valence-electron chi connectivity index (χ1n) is 4.05. The molecule has 0 radical (unpaired) electrons. The van der Waals surface area contributed by atoms with Gasteiger partial charge in [0.2, 0.25) is 0 Å². The summed E-state index contributed by atoms with van der Waals surface area (Å²) in [5, 5.41) is 0. The van der Waals surface area contributed by atoms with E-state index < -0.39 is 0 Å². The van der Waals surface area contributed by atoms with Crippen molar-refractivity contribution < 1.29 is 0 Å². The van der Waals surface area contributed by atoms with E-state index in [9.17, 15) is 0 Å². The van der Waals surface area contributed by atoms with Gasteiger partial charge in [0.15, 0.2) is 0 Å². The summed E-state index contributed by atoms with van der Waals surface area (Å²) in [6, 6.07) is 0. The van der Waals surface area contributed by atoms with Gasteiger partial charge in [-0.1, -0.05) is 20.3 Å². The Morgan fingerprint density at radius 3 is 2.56 bits per heavy atom. The Labute approximate surface area is 58.0 Å². The molecule has 0 aromatic rings. The fourth-order valence-electron chi connectivity index (χ4n) is 1.39. The van der Waals surface area contributed by atoms with Crippen LogP contribution in [0.25, 0.3) is 0 Å². The third kappa shape index (κ3) is 1.98. The van der Waals surface area contributed by atoms with Gasteiger partial charge in [0.25, 0.3) is 0 Å². The van der Waals surface area contributed by atoms with Gasteiger partial charge in [0.05, 0.1) is 0 Å². The van der Waals surface area contributed by atoms with Crippen LogP contribution in [0.1, 0.15) is 26.7 Å². The van der Waals surface area contributed by atoms with Crippen molar-refractivity contribution in [2.45, 2.75) is 26.7 Å². The van der Waals surface area contributed by atoms with Gasteiger partial charge in [-0.15, -0.1) is 0 Å². The van der Waals surface area contributed by atoms with Crippen molar-refractivity contribution in [2.24, 2.45) is 5.92 Å². The molecule has 1 saturated heterocycles. The molecule has 0 saturated carbocycles. The van der Waals surface area contributed by atoms with Crippen LogP contribution >= 0.6 is 0 Å². The van der Waals surface area contributed by atoms with E-state index in [4.69, 9.17) is 0 Å². The maximum absolute atomic E-state index is 2.54. The molecule has 0 aromatic heterocycles. The van der Waals surface area contributed by atoms with Crippen LogP contribution < -0.4 is 0 Å². The van der Waals surface area contributed by atoms with Crippen molar-refractivity contribution in [1.29, 1.82) is 0 Å². The lowest BCUT2D eigenvalue weighted by Crippen LogP contribution is -2.45.